The van der Waals surface area contributed by atoms with E-state index < -0.39 is 34.7 Å². The van der Waals surface area contributed by atoms with Crippen LogP contribution in [0.3, 0.4) is 0 Å². The van der Waals surface area contributed by atoms with Crippen LogP contribution in [0.1, 0.15) is 5.82 Å². The number of nitrogens with one attached hydrogen (secondary N) is 3. The zero-order valence-corrected chi connectivity index (χ0v) is 14.3. The van der Waals surface area contributed by atoms with Gasteiger partial charge in [0.1, 0.15) is 28.9 Å². The van der Waals surface area contributed by atoms with Crippen LogP contribution < -0.4 is 16.4 Å². The fourth-order valence-corrected chi connectivity index (χ4v) is 3.12. The fraction of sp³-hybridized carbons (Fsp3) is 0.111. The van der Waals surface area contributed by atoms with Crippen LogP contribution in [0.2, 0.25) is 0 Å². The maximum Gasteiger partial charge on any atom is 0.272 e. The van der Waals surface area contributed by atoms with Gasteiger partial charge >= 0.3 is 0 Å². The third-order valence-electron chi connectivity index (χ3n) is 4.47. The summed E-state index contributed by atoms with van der Waals surface area (Å²) in [5.74, 6) is -3.79. The number of primary amides is 1. The second-order valence-corrected chi connectivity index (χ2v) is 6.11. The number of aromatic amines is 1. The van der Waals surface area contributed by atoms with E-state index in [0.717, 1.165) is 18.2 Å². The van der Waals surface area contributed by atoms with Gasteiger partial charge < -0.3 is 16.0 Å². The summed E-state index contributed by atoms with van der Waals surface area (Å²) in [5.41, 5.74) is 3.90. The molecule has 2 amide bonds. The predicted molar refractivity (Wildman–Crippen MR) is 97.4 cm³/mol. The van der Waals surface area contributed by atoms with Gasteiger partial charge in [-0.3, -0.25) is 19.9 Å². The average molecular weight is 384 g/mol. The minimum Gasteiger partial charge on any atom is -0.367 e. The molecule has 0 fully saturated rings. The van der Waals surface area contributed by atoms with Crippen molar-refractivity contribution in [3.05, 3.63) is 59.9 Å². The van der Waals surface area contributed by atoms with Crippen LogP contribution >= 0.6 is 0 Å². The number of fused-ring (bicyclic) bond motifs is 1. The minimum absolute atomic E-state index is 0.0570. The minimum atomic E-state index is -1.87. The third kappa shape index (κ3) is 2.62. The Hall–Kier alpha value is -3.66. The highest BCUT2D eigenvalue weighted by atomic mass is 19.1. The molecule has 2 aromatic carbocycles. The Bertz CT molecular complexity index is 1090. The van der Waals surface area contributed by atoms with Gasteiger partial charge in [-0.05, 0) is 24.3 Å². The Balaban J connectivity index is 1.77. The normalized spacial score (nSPS) is 18.9. The first kappa shape index (κ1) is 17.7. The highest BCUT2D eigenvalue weighted by molar-refractivity contribution is 6.50. The molecule has 1 unspecified atom stereocenters. The topological polar surface area (TPSA) is 125 Å². The molecule has 0 saturated carbocycles. The molecule has 0 radical (unpaired) electrons. The number of benzene rings is 2. The summed E-state index contributed by atoms with van der Waals surface area (Å²) in [6, 6.07) is 10.1. The van der Waals surface area contributed by atoms with Gasteiger partial charge in [0.15, 0.2) is 0 Å². The number of halogens is 2. The van der Waals surface area contributed by atoms with Gasteiger partial charge in [-0.2, -0.15) is 0 Å². The van der Waals surface area contributed by atoms with Gasteiger partial charge in [0.2, 0.25) is 5.54 Å². The lowest BCUT2D eigenvalue weighted by Gasteiger charge is -2.25. The van der Waals surface area contributed by atoms with Crippen LogP contribution in [0.15, 0.2) is 47.5 Å². The van der Waals surface area contributed by atoms with Gasteiger partial charge in [-0.15, -0.1) is 0 Å². The lowest BCUT2D eigenvalue weighted by atomic mass is 9.91. The summed E-state index contributed by atoms with van der Waals surface area (Å²) < 4.78 is 27.8. The van der Waals surface area contributed by atoms with Crippen LogP contribution in [0.25, 0.3) is 11.0 Å². The SMILES string of the molecule is NC(=O)C1(c2nc3ccccc3[nH]2)NCN=C1C(=O)Nc1c(F)cccc1F. The van der Waals surface area contributed by atoms with E-state index in [1.54, 1.807) is 24.3 Å². The number of hydrogen-bond acceptors (Lipinski definition) is 5. The van der Waals surface area contributed by atoms with E-state index in [1.807, 2.05) is 0 Å². The summed E-state index contributed by atoms with van der Waals surface area (Å²) in [5, 5.41) is 4.90. The van der Waals surface area contributed by atoms with E-state index in [-0.39, 0.29) is 18.2 Å². The molecule has 0 spiro atoms. The molecule has 1 aliphatic heterocycles. The van der Waals surface area contributed by atoms with E-state index in [1.165, 1.54) is 0 Å². The van der Waals surface area contributed by atoms with Gasteiger partial charge in [0.05, 0.1) is 17.7 Å². The average Bonchev–Trinajstić information content (AvgIpc) is 3.29. The number of hydrogen-bond donors (Lipinski definition) is 4. The molecule has 142 valence electrons. The van der Waals surface area contributed by atoms with Crippen molar-refractivity contribution in [1.82, 2.24) is 15.3 Å². The fourth-order valence-electron chi connectivity index (χ4n) is 3.12. The van der Waals surface area contributed by atoms with Gasteiger partial charge in [0.25, 0.3) is 11.8 Å². The smallest absolute Gasteiger partial charge is 0.272 e. The highest BCUT2D eigenvalue weighted by Gasteiger charge is 2.52. The molecular weight excluding hydrogens is 370 g/mol. The van der Waals surface area contributed by atoms with Crippen LogP contribution in [0.4, 0.5) is 14.5 Å². The summed E-state index contributed by atoms with van der Waals surface area (Å²) in [4.78, 5) is 36.4. The zero-order valence-electron chi connectivity index (χ0n) is 14.3. The number of anilines is 1. The summed E-state index contributed by atoms with van der Waals surface area (Å²) in [6.45, 7) is -0.109. The lowest BCUT2D eigenvalue weighted by molar-refractivity contribution is -0.123. The first-order valence-corrected chi connectivity index (χ1v) is 8.24. The number of nitrogens with two attached hydrogens (primary N) is 1. The first-order chi connectivity index (χ1) is 13.4. The maximum atomic E-state index is 13.9. The Labute approximate surface area is 156 Å². The van der Waals surface area contributed by atoms with Crippen LogP contribution in [-0.2, 0) is 15.1 Å². The number of aromatic nitrogens is 2. The molecule has 8 nitrogen and oxygen atoms in total. The van der Waals surface area contributed by atoms with Crippen molar-refractivity contribution < 1.29 is 18.4 Å². The zero-order chi connectivity index (χ0) is 19.9. The van der Waals surface area contributed by atoms with Crippen molar-refractivity contribution in [2.45, 2.75) is 5.54 Å². The Morgan fingerprint density at radius 2 is 1.82 bits per heavy atom. The van der Waals surface area contributed by atoms with Gasteiger partial charge in [-0.25, -0.2) is 13.8 Å². The molecule has 1 atom stereocenters. The molecule has 4 rings (SSSR count). The number of rotatable bonds is 4. The number of imidazole rings is 1. The number of nitrogens with zero attached hydrogens (tertiary/aromatic N) is 2. The number of carbonyl (C=O) groups is 2. The molecule has 10 heteroatoms. The standard InChI is InChI=1S/C18H14F2N6O2/c19-9-4-3-5-10(20)13(9)26-15(27)14-18(16(21)28,23-8-22-14)17-24-11-6-1-2-7-12(11)25-17/h1-7,23H,8H2,(H2,21,28)(H,24,25)(H,26,27). The van der Waals surface area contributed by atoms with Crippen molar-refractivity contribution in [1.29, 1.82) is 0 Å². The van der Waals surface area contributed by atoms with Gasteiger partial charge in [0, 0.05) is 0 Å². The van der Waals surface area contributed by atoms with E-state index in [2.05, 4.69) is 25.6 Å². The summed E-state index contributed by atoms with van der Waals surface area (Å²) in [7, 11) is 0. The van der Waals surface area contributed by atoms with Crippen molar-refractivity contribution in [2.75, 3.05) is 12.0 Å². The summed E-state index contributed by atoms with van der Waals surface area (Å²) >= 11 is 0. The van der Waals surface area contributed by atoms with Crippen LogP contribution in [0.5, 0.6) is 0 Å². The molecule has 3 aromatic rings. The molecule has 28 heavy (non-hydrogen) atoms. The summed E-state index contributed by atoms with van der Waals surface area (Å²) in [6.07, 6.45) is 0. The van der Waals surface area contributed by atoms with Crippen LogP contribution in [-0.4, -0.2) is 34.2 Å². The monoisotopic (exact) mass is 384 g/mol. The number of H-pyrrole nitrogens is 1. The van der Waals surface area contributed by atoms with Gasteiger partial charge in [-0.1, -0.05) is 18.2 Å². The lowest BCUT2D eigenvalue weighted by Crippen LogP contribution is -2.58. The Morgan fingerprint density at radius 1 is 1.11 bits per heavy atom. The Morgan fingerprint density at radius 3 is 2.50 bits per heavy atom. The quantitative estimate of drug-likeness (QED) is 0.539. The third-order valence-corrected chi connectivity index (χ3v) is 4.47. The number of amides is 2. The van der Waals surface area contributed by atoms with Crippen molar-refractivity contribution >= 4 is 34.2 Å². The second-order valence-electron chi connectivity index (χ2n) is 6.11. The molecule has 1 aliphatic rings. The second kappa shape index (κ2) is 6.50. The molecule has 5 N–H and O–H groups in total. The van der Waals surface area contributed by atoms with E-state index in [4.69, 9.17) is 5.73 Å². The van der Waals surface area contributed by atoms with E-state index in [9.17, 15) is 18.4 Å². The molecule has 0 bridgehead atoms. The molecule has 0 aliphatic carbocycles. The van der Waals surface area contributed by atoms with Crippen LogP contribution in [0, 0.1) is 11.6 Å². The van der Waals surface area contributed by atoms with Crippen molar-refractivity contribution in [2.24, 2.45) is 10.7 Å². The largest absolute Gasteiger partial charge is 0.367 e. The van der Waals surface area contributed by atoms with Crippen molar-refractivity contribution in [3.8, 4) is 0 Å². The van der Waals surface area contributed by atoms with E-state index >= 15 is 0 Å². The first-order valence-electron chi connectivity index (χ1n) is 8.24. The highest BCUT2D eigenvalue weighted by Crippen LogP contribution is 2.28. The van der Waals surface area contributed by atoms with E-state index in [0.29, 0.717) is 11.0 Å². The Kier molecular flexibility index (Phi) is 4.12. The number of aliphatic imine (C=N–C) groups is 1. The molecule has 2 heterocycles. The molecular formula is C18H14F2N6O2. The maximum absolute atomic E-state index is 13.9. The number of carbonyl (C=O) groups excluding carboxylic acids is 2. The molecule has 0 saturated heterocycles. The molecule has 1 aromatic heterocycles. The predicted octanol–water partition coefficient (Wildman–Crippen LogP) is 1.16. The number of para-hydroxylation sites is 3. The van der Waals surface area contributed by atoms with Crippen molar-refractivity contribution in [3.63, 3.8) is 0 Å².